The molecule has 0 aliphatic heterocycles. The van der Waals surface area contributed by atoms with E-state index in [0.29, 0.717) is 12.1 Å². The Morgan fingerprint density at radius 2 is 0.969 bits per heavy atom. The molecular weight excluding hydrogens is 457 g/mol. The van der Waals surface area contributed by atoms with Crippen molar-refractivity contribution in [2.24, 2.45) is 0 Å². The maximum Gasteiger partial charge on any atom is 0.573 e. The first-order valence-electron chi connectivity index (χ1n) is 8.51. The zero-order valence-electron chi connectivity index (χ0n) is 15.4. The molecule has 3 nitrogen and oxygen atoms in total. The molecule has 0 fully saturated rings. The van der Waals surface area contributed by atoms with Gasteiger partial charge in [0, 0.05) is 11.1 Å². The molecule has 0 radical (unpaired) electrons. The standard InChI is InChI=1S/C20H10F9NO2/c21-18(22,23)13-9-16(11-3-1-5-14(7-11)31-19(24,25)26)30-17(10-13)12-4-2-6-15(8-12)32-20(27,28)29/h1-10H. The third kappa shape index (κ3) is 6.28. The summed E-state index contributed by atoms with van der Waals surface area (Å²) in [7, 11) is 0. The van der Waals surface area contributed by atoms with Crippen LogP contribution in [-0.4, -0.2) is 17.7 Å². The smallest absolute Gasteiger partial charge is 0.406 e. The van der Waals surface area contributed by atoms with Gasteiger partial charge in [-0.3, -0.25) is 0 Å². The summed E-state index contributed by atoms with van der Waals surface area (Å²) in [4.78, 5) is 3.99. The predicted molar refractivity (Wildman–Crippen MR) is 93.5 cm³/mol. The van der Waals surface area contributed by atoms with Gasteiger partial charge in [0.15, 0.2) is 0 Å². The van der Waals surface area contributed by atoms with Crippen LogP contribution in [-0.2, 0) is 6.18 Å². The zero-order chi connectivity index (χ0) is 23.7. The number of hydrogen-bond donors (Lipinski definition) is 0. The number of ether oxygens (including phenoxy) is 2. The van der Waals surface area contributed by atoms with Crippen molar-refractivity contribution >= 4 is 0 Å². The molecule has 2 aromatic carbocycles. The summed E-state index contributed by atoms with van der Waals surface area (Å²) in [6.45, 7) is 0. The molecule has 0 saturated carbocycles. The molecule has 0 N–H and O–H groups in total. The molecule has 0 atom stereocenters. The molecule has 170 valence electrons. The topological polar surface area (TPSA) is 31.4 Å². The molecule has 0 unspecified atom stereocenters. The molecule has 0 spiro atoms. The van der Waals surface area contributed by atoms with E-state index in [9.17, 15) is 39.5 Å². The van der Waals surface area contributed by atoms with Crippen LogP contribution in [0.15, 0.2) is 60.7 Å². The van der Waals surface area contributed by atoms with E-state index in [2.05, 4.69) is 14.5 Å². The van der Waals surface area contributed by atoms with E-state index in [0.717, 1.165) is 36.4 Å². The summed E-state index contributed by atoms with van der Waals surface area (Å²) in [6, 6.07) is 9.43. The van der Waals surface area contributed by atoms with E-state index in [4.69, 9.17) is 0 Å². The lowest BCUT2D eigenvalue weighted by molar-refractivity contribution is -0.275. The lowest BCUT2D eigenvalue weighted by Gasteiger charge is -2.14. The SMILES string of the molecule is FC(F)(F)Oc1cccc(-c2cc(C(F)(F)F)cc(-c3cccc(OC(F)(F)F)c3)n2)c1. The van der Waals surface area contributed by atoms with Gasteiger partial charge in [-0.1, -0.05) is 24.3 Å². The minimum Gasteiger partial charge on any atom is -0.406 e. The quantitative estimate of drug-likeness (QED) is 0.380. The van der Waals surface area contributed by atoms with Gasteiger partial charge in [-0.2, -0.15) is 13.2 Å². The van der Waals surface area contributed by atoms with Crippen molar-refractivity contribution < 1.29 is 49.0 Å². The molecule has 3 aromatic rings. The number of nitrogens with zero attached hydrogens (tertiary/aromatic N) is 1. The highest BCUT2D eigenvalue weighted by Gasteiger charge is 2.34. The first kappa shape index (κ1) is 23.2. The molecule has 0 amide bonds. The highest BCUT2D eigenvalue weighted by atomic mass is 19.4. The summed E-state index contributed by atoms with van der Waals surface area (Å²) in [5, 5.41) is 0. The van der Waals surface area contributed by atoms with Gasteiger partial charge in [0.05, 0.1) is 17.0 Å². The Morgan fingerprint density at radius 1 is 0.562 bits per heavy atom. The monoisotopic (exact) mass is 467 g/mol. The van der Waals surface area contributed by atoms with Crippen molar-refractivity contribution in [3.63, 3.8) is 0 Å². The first-order chi connectivity index (χ1) is 14.7. The van der Waals surface area contributed by atoms with Crippen LogP contribution < -0.4 is 9.47 Å². The fourth-order valence-corrected chi connectivity index (χ4v) is 2.70. The van der Waals surface area contributed by atoms with Gasteiger partial charge >= 0.3 is 18.9 Å². The molecule has 0 saturated heterocycles. The van der Waals surface area contributed by atoms with E-state index in [-0.39, 0.29) is 22.5 Å². The minimum atomic E-state index is -5.02. The fraction of sp³-hybridized carbons (Fsp3) is 0.150. The van der Waals surface area contributed by atoms with Crippen molar-refractivity contribution in [3.05, 3.63) is 66.2 Å². The summed E-state index contributed by atoms with van der Waals surface area (Å²) < 4.78 is 123. The molecule has 0 aliphatic rings. The lowest BCUT2D eigenvalue weighted by Crippen LogP contribution is -2.17. The van der Waals surface area contributed by atoms with Crippen molar-refractivity contribution in [2.45, 2.75) is 18.9 Å². The molecule has 1 heterocycles. The summed E-state index contributed by atoms with van der Waals surface area (Å²) in [6.07, 6.45) is -14.9. The van der Waals surface area contributed by atoms with Crippen LogP contribution in [0.3, 0.4) is 0 Å². The summed E-state index contributed by atoms with van der Waals surface area (Å²) >= 11 is 0. The number of alkyl halides is 9. The Hall–Kier alpha value is -3.44. The lowest BCUT2D eigenvalue weighted by atomic mass is 10.0. The van der Waals surface area contributed by atoms with Crippen molar-refractivity contribution in [1.82, 2.24) is 4.98 Å². The second kappa shape index (κ2) is 8.24. The highest BCUT2D eigenvalue weighted by Crippen LogP contribution is 2.36. The van der Waals surface area contributed by atoms with E-state index in [1.165, 1.54) is 12.1 Å². The maximum absolute atomic E-state index is 13.4. The van der Waals surface area contributed by atoms with Crippen molar-refractivity contribution in [3.8, 4) is 34.0 Å². The molecule has 0 bridgehead atoms. The summed E-state index contributed by atoms with van der Waals surface area (Å²) in [5.41, 5.74) is -2.22. The van der Waals surface area contributed by atoms with Gasteiger partial charge in [0.1, 0.15) is 11.5 Å². The summed E-state index contributed by atoms with van der Waals surface area (Å²) in [5.74, 6) is -1.37. The van der Waals surface area contributed by atoms with E-state index >= 15 is 0 Å². The number of benzene rings is 2. The van der Waals surface area contributed by atoms with E-state index in [1.807, 2.05) is 0 Å². The van der Waals surface area contributed by atoms with Gasteiger partial charge in [0.25, 0.3) is 0 Å². The maximum atomic E-state index is 13.4. The van der Waals surface area contributed by atoms with Gasteiger partial charge in [-0.25, -0.2) is 4.98 Å². The largest absolute Gasteiger partial charge is 0.573 e. The van der Waals surface area contributed by atoms with Crippen molar-refractivity contribution in [2.75, 3.05) is 0 Å². The van der Waals surface area contributed by atoms with Crippen LogP contribution in [0.25, 0.3) is 22.5 Å². The molecule has 0 aliphatic carbocycles. The molecule has 1 aromatic heterocycles. The third-order valence-corrected chi connectivity index (χ3v) is 3.88. The number of hydrogen-bond acceptors (Lipinski definition) is 3. The van der Waals surface area contributed by atoms with Crippen LogP contribution in [0.1, 0.15) is 5.56 Å². The molecule has 12 heteroatoms. The fourth-order valence-electron chi connectivity index (χ4n) is 2.70. The Labute approximate surface area is 174 Å². The van der Waals surface area contributed by atoms with Crippen LogP contribution >= 0.6 is 0 Å². The minimum absolute atomic E-state index is 0.137. The first-order valence-corrected chi connectivity index (χ1v) is 8.51. The third-order valence-electron chi connectivity index (χ3n) is 3.88. The van der Waals surface area contributed by atoms with Gasteiger partial charge < -0.3 is 9.47 Å². The Balaban J connectivity index is 2.10. The molecule has 3 rings (SSSR count). The van der Waals surface area contributed by atoms with Crippen LogP contribution in [0.4, 0.5) is 39.5 Å². The number of pyridine rings is 1. The van der Waals surface area contributed by atoms with Gasteiger partial charge in [0.2, 0.25) is 0 Å². The second-order valence-electron chi connectivity index (χ2n) is 6.28. The zero-order valence-corrected chi connectivity index (χ0v) is 15.4. The van der Waals surface area contributed by atoms with Gasteiger partial charge in [-0.05, 0) is 36.4 Å². The average molecular weight is 467 g/mol. The van der Waals surface area contributed by atoms with Crippen LogP contribution in [0.2, 0.25) is 0 Å². The van der Waals surface area contributed by atoms with Gasteiger partial charge in [-0.15, -0.1) is 26.3 Å². The van der Waals surface area contributed by atoms with E-state index in [1.54, 1.807) is 0 Å². The van der Waals surface area contributed by atoms with Crippen LogP contribution in [0, 0.1) is 0 Å². The number of aromatic nitrogens is 1. The molecule has 32 heavy (non-hydrogen) atoms. The van der Waals surface area contributed by atoms with Crippen LogP contribution in [0.5, 0.6) is 11.5 Å². The predicted octanol–water partition coefficient (Wildman–Crippen LogP) is 7.23. The highest BCUT2D eigenvalue weighted by molar-refractivity contribution is 5.69. The Kier molecular flexibility index (Phi) is 5.98. The number of rotatable bonds is 4. The average Bonchev–Trinajstić information content (AvgIpc) is 2.65. The normalized spacial score (nSPS) is 12.5. The second-order valence-corrected chi connectivity index (χ2v) is 6.28. The van der Waals surface area contributed by atoms with Crippen molar-refractivity contribution in [1.29, 1.82) is 0 Å². The Bertz CT molecular complexity index is 1030. The number of halogens is 9. The molecular formula is C20H10F9NO2. The van der Waals surface area contributed by atoms with E-state index < -0.39 is 36.0 Å². The Morgan fingerprint density at radius 3 is 1.31 bits per heavy atom.